The molecule has 2 aromatic heterocycles. The molecule has 4 aromatic rings. The van der Waals surface area contributed by atoms with Crippen molar-refractivity contribution in [3.8, 4) is 28.7 Å². The number of benzene rings is 2. The molecule has 0 aliphatic heterocycles. The van der Waals surface area contributed by atoms with Gasteiger partial charge >= 0.3 is 0 Å². The van der Waals surface area contributed by atoms with Crippen molar-refractivity contribution in [2.45, 2.75) is 4.90 Å². The Labute approximate surface area is 172 Å². The van der Waals surface area contributed by atoms with E-state index in [1.807, 2.05) is 6.07 Å². The number of hydrogen-bond acceptors (Lipinski definition) is 5. The molecule has 0 atom stereocenters. The average Bonchev–Trinajstić information content (AvgIpc) is 3.21. The van der Waals surface area contributed by atoms with Crippen LogP contribution in [-0.4, -0.2) is 24.2 Å². The summed E-state index contributed by atoms with van der Waals surface area (Å²) in [6.45, 7) is 0. The van der Waals surface area contributed by atoms with Gasteiger partial charge in [-0.2, -0.15) is 5.26 Å². The summed E-state index contributed by atoms with van der Waals surface area (Å²) in [5.41, 5.74) is 1.92. The van der Waals surface area contributed by atoms with Gasteiger partial charge < -0.3 is 14.3 Å². The first-order chi connectivity index (χ1) is 14.3. The van der Waals surface area contributed by atoms with Crippen molar-refractivity contribution in [1.29, 1.82) is 5.26 Å². The zero-order valence-electron chi connectivity index (χ0n) is 16.2. The van der Waals surface area contributed by atoms with Crippen LogP contribution in [0.4, 0.5) is 0 Å². The van der Waals surface area contributed by atoms with Gasteiger partial charge in [0.1, 0.15) is 17.0 Å². The molecule has 8 heteroatoms. The lowest BCUT2D eigenvalue weighted by atomic mass is 10.0. The number of aryl methyl sites for hydroxylation is 1. The number of nitrogens with zero attached hydrogens (tertiary/aromatic N) is 2. The van der Waals surface area contributed by atoms with Crippen LogP contribution in [0.1, 0.15) is 5.56 Å². The van der Waals surface area contributed by atoms with Gasteiger partial charge in [-0.25, -0.2) is 8.42 Å². The molecule has 2 aromatic carbocycles. The lowest BCUT2D eigenvalue weighted by Gasteiger charge is -2.15. The van der Waals surface area contributed by atoms with E-state index in [4.69, 9.17) is 10.00 Å². The van der Waals surface area contributed by atoms with Crippen molar-refractivity contribution < 1.29 is 13.2 Å². The third-order valence-electron chi connectivity index (χ3n) is 4.77. The van der Waals surface area contributed by atoms with Crippen LogP contribution < -0.4 is 10.3 Å². The topological polar surface area (TPSA) is 105 Å². The number of nitrogens with one attached hydrogen (secondary N) is 1. The molecule has 0 aliphatic rings. The molecular weight excluding hydrogens is 402 g/mol. The van der Waals surface area contributed by atoms with Gasteiger partial charge in [0, 0.05) is 42.2 Å². The molecule has 2 heterocycles. The third-order valence-corrected chi connectivity index (χ3v) is 5.88. The Bertz CT molecular complexity index is 1470. The van der Waals surface area contributed by atoms with Crippen molar-refractivity contribution in [2.24, 2.45) is 7.05 Å². The third kappa shape index (κ3) is 3.47. The Hall–Kier alpha value is -3.83. The minimum Gasteiger partial charge on any atom is -0.457 e. The van der Waals surface area contributed by atoms with Gasteiger partial charge in [0.25, 0.3) is 5.56 Å². The molecule has 0 bridgehead atoms. The lowest BCUT2D eigenvalue weighted by Crippen LogP contribution is -2.16. The molecule has 30 heavy (non-hydrogen) atoms. The molecule has 0 saturated heterocycles. The van der Waals surface area contributed by atoms with Crippen molar-refractivity contribution in [2.75, 3.05) is 6.26 Å². The van der Waals surface area contributed by atoms with E-state index in [0.29, 0.717) is 39.1 Å². The maximum atomic E-state index is 12.4. The summed E-state index contributed by atoms with van der Waals surface area (Å²) in [5, 5.41) is 9.63. The van der Waals surface area contributed by atoms with Gasteiger partial charge in [-0.15, -0.1) is 0 Å². The highest BCUT2D eigenvalue weighted by atomic mass is 32.2. The highest BCUT2D eigenvalue weighted by molar-refractivity contribution is 7.90. The fourth-order valence-electron chi connectivity index (χ4n) is 3.25. The van der Waals surface area contributed by atoms with Crippen molar-refractivity contribution in [3.63, 3.8) is 0 Å². The monoisotopic (exact) mass is 419 g/mol. The van der Waals surface area contributed by atoms with Crippen LogP contribution in [0.3, 0.4) is 0 Å². The Morgan fingerprint density at radius 2 is 1.80 bits per heavy atom. The molecule has 0 spiro atoms. The Balaban J connectivity index is 1.95. The molecule has 0 amide bonds. The van der Waals surface area contributed by atoms with Gasteiger partial charge in [-0.1, -0.05) is 0 Å². The number of hydrogen-bond donors (Lipinski definition) is 1. The summed E-state index contributed by atoms with van der Waals surface area (Å²) in [5.74, 6) is 0.922. The Kier molecular flexibility index (Phi) is 4.68. The van der Waals surface area contributed by atoms with E-state index >= 15 is 0 Å². The average molecular weight is 419 g/mol. The summed E-state index contributed by atoms with van der Waals surface area (Å²) >= 11 is 0. The van der Waals surface area contributed by atoms with Gasteiger partial charge in [0.05, 0.1) is 16.5 Å². The fourth-order valence-corrected chi connectivity index (χ4v) is 3.89. The van der Waals surface area contributed by atoms with Crippen LogP contribution in [0.15, 0.2) is 70.6 Å². The van der Waals surface area contributed by atoms with Gasteiger partial charge in [-0.05, 0) is 48.5 Å². The van der Waals surface area contributed by atoms with E-state index in [0.717, 1.165) is 6.26 Å². The van der Waals surface area contributed by atoms with Gasteiger partial charge in [0.2, 0.25) is 0 Å². The highest BCUT2D eigenvalue weighted by Crippen LogP contribution is 2.38. The molecule has 0 unspecified atom stereocenters. The second kappa shape index (κ2) is 7.21. The molecule has 4 rings (SSSR count). The van der Waals surface area contributed by atoms with Gasteiger partial charge in [0.15, 0.2) is 9.84 Å². The largest absolute Gasteiger partial charge is 0.457 e. The summed E-state index contributed by atoms with van der Waals surface area (Å²) in [6.07, 6.45) is 4.46. The first-order valence-corrected chi connectivity index (χ1v) is 10.9. The molecule has 0 radical (unpaired) electrons. The van der Waals surface area contributed by atoms with E-state index in [-0.39, 0.29) is 10.5 Å². The lowest BCUT2D eigenvalue weighted by molar-refractivity contribution is 0.484. The van der Waals surface area contributed by atoms with Crippen LogP contribution in [0.5, 0.6) is 11.5 Å². The quantitative estimate of drug-likeness (QED) is 0.544. The smallest absolute Gasteiger partial charge is 0.274 e. The summed E-state index contributed by atoms with van der Waals surface area (Å²) in [4.78, 5) is 15.5. The first kappa shape index (κ1) is 19.5. The molecule has 1 N–H and O–H groups in total. The molecule has 0 aliphatic carbocycles. The van der Waals surface area contributed by atoms with E-state index < -0.39 is 9.84 Å². The first-order valence-electron chi connectivity index (χ1n) is 8.97. The predicted octanol–water partition coefficient (Wildman–Crippen LogP) is 3.60. The molecule has 0 saturated carbocycles. The summed E-state index contributed by atoms with van der Waals surface area (Å²) in [6, 6.07) is 15.0. The molecule has 7 nitrogen and oxygen atoms in total. The van der Waals surface area contributed by atoms with Crippen LogP contribution in [0.25, 0.3) is 22.0 Å². The van der Waals surface area contributed by atoms with E-state index in [2.05, 4.69) is 4.98 Å². The maximum Gasteiger partial charge on any atom is 0.274 e. The number of aromatic nitrogens is 2. The van der Waals surface area contributed by atoms with Crippen LogP contribution >= 0.6 is 0 Å². The zero-order chi connectivity index (χ0) is 21.5. The van der Waals surface area contributed by atoms with E-state index in [1.165, 1.54) is 10.6 Å². The second-order valence-electron chi connectivity index (χ2n) is 6.89. The SMILES string of the molecule is Cn1cc(-c2cc(S(C)(=O)=O)ccc2Oc2ccc(C#N)cc2)c2cc[nH]c2c1=O. The predicted molar refractivity (Wildman–Crippen MR) is 113 cm³/mol. The number of rotatable bonds is 4. The minimum absolute atomic E-state index is 0.141. The van der Waals surface area contributed by atoms with Crippen molar-refractivity contribution in [1.82, 2.24) is 9.55 Å². The fraction of sp³-hybridized carbons (Fsp3) is 0.0909. The normalized spacial score (nSPS) is 11.4. The van der Waals surface area contributed by atoms with E-state index in [1.54, 1.807) is 61.9 Å². The van der Waals surface area contributed by atoms with E-state index in [9.17, 15) is 13.2 Å². The summed E-state index contributed by atoms with van der Waals surface area (Å²) in [7, 11) is -1.83. The number of sulfone groups is 1. The number of fused-ring (bicyclic) bond motifs is 1. The number of ether oxygens (including phenoxy) is 1. The standard InChI is InChI=1S/C22H17N3O4S/c1-25-13-19(17-9-10-24-21(17)22(25)26)18-11-16(30(2,27)28)7-8-20(18)29-15-5-3-14(12-23)4-6-15/h3-11,13,24H,1-2H3. The molecule has 0 fully saturated rings. The molecule has 150 valence electrons. The van der Waals surface area contributed by atoms with Crippen LogP contribution in [-0.2, 0) is 16.9 Å². The number of aromatic amines is 1. The number of H-pyrrole nitrogens is 1. The van der Waals surface area contributed by atoms with Crippen molar-refractivity contribution >= 4 is 20.7 Å². The Morgan fingerprint density at radius 1 is 1.07 bits per heavy atom. The molecular formula is C22H17N3O4S. The number of nitriles is 1. The second-order valence-corrected chi connectivity index (χ2v) is 8.91. The zero-order valence-corrected chi connectivity index (χ0v) is 17.0. The number of pyridine rings is 1. The minimum atomic E-state index is -3.46. The van der Waals surface area contributed by atoms with Crippen molar-refractivity contribution in [3.05, 3.63) is 76.8 Å². The van der Waals surface area contributed by atoms with Crippen LogP contribution in [0, 0.1) is 11.3 Å². The van der Waals surface area contributed by atoms with Crippen LogP contribution in [0.2, 0.25) is 0 Å². The Morgan fingerprint density at radius 3 is 2.47 bits per heavy atom. The highest BCUT2D eigenvalue weighted by Gasteiger charge is 2.18. The summed E-state index contributed by atoms with van der Waals surface area (Å²) < 4.78 is 31.8. The maximum absolute atomic E-state index is 12.4. The van der Waals surface area contributed by atoms with Gasteiger partial charge in [-0.3, -0.25) is 4.79 Å².